The van der Waals surface area contributed by atoms with E-state index in [1.165, 1.54) is 24.0 Å². The Hall–Kier alpha value is -1.08. The van der Waals surface area contributed by atoms with E-state index in [0.29, 0.717) is 6.04 Å². The van der Waals surface area contributed by atoms with E-state index in [4.69, 9.17) is 0 Å². The van der Waals surface area contributed by atoms with Gasteiger partial charge in [0.1, 0.15) is 0 Å². The van der Waals surface area contributed by atoms with Gasteiger partial charge in [0.25, 0.3) is 0 Å². The molecule has 2 rings (SSSR count). The Bertz CT molecular complexity index is 443. The van der Waals surface area contributed by atoms with E-state index >= 15 is 0 Å². The molecule has 3 atom stereocenters. The molecule has 3 unspecified atom stereocenters. The molecule has 0 spiro atoms. The lowest BCUT2D eigenvalue weighted by molar-refractivity contribution is 0.366. The number of hydrogen-bond acceptors (Lipinski definition) is 1. The molecular weight excluding hydrogens is 242 g/mol. The Morgan fingerprint density at radius 2 is 1.95 bits per heavy atom. The second kappa shape index (κ2) is 7.08. The summed E-state index contributed by atoms with van der Waals surface area (Å²) in [6.45, 7) is 10.2. The molecule has 110 valence electrons. The van der Waals surface area contributed by atoms with Crippen LogP contribution in [0.2, 0.25) is 0 Å². The molecule has 0 saturated carbocycles. The van der Waals surface area contributed by atoms with E-state index < -0.39 is 0 Å². The van der Waals surface area contributed by atoms with Crippen LogP contribution in [-0.2, 0) is 6.42 Å². The van der Waals surface area contributed by atoms with Gasteiger partial charge < -0.3 is 5.32 Å². The van der Waals surface area contributed by atoms with Gasteiger partial charge in [0.2, 0.25) is 0 Å². The van der Waals surface area contributed by atoms with Crippen molar-refractivity contribution >= 4 is 0 Å². The fourth-order valence-electron chi connectivity index (χ4n) is 3.35. The predicted octanol–water partition coefficient (Wildman–Crippen LogP) is 4.89. The van der Waals surface area contributed by atoms with E-state index in [1.807, 2.05) is 0 Å². The first-order chi connectivity index (χ1) is 9.58. The SMILES string of the molecule is CCc1ccc(C(C)NCC2CC(C)=CC(C)C2)cc1. The van der Waals surface area contributed by atoms with Gasteiger partial charge in [0.05, 0.1) is 0 Å². The van der Waals surface area contributed by atoms with Gasteiger partial charge in [0.15, 0.2) is 0 Å². The molecule has 1 aromatic rings. The van der Waals surface area contributed by atoms with Gasteiger partial charge in [-0.15, -0.1) is 0 Å². The lowest BCUT2D eigenvalue weighted by Crippen LogP contribution is -2.28. The first-order valence-electron chi connectivity index (χ1n) is 8.08. The highest BCUT2D eigenvalue weighted by Crippen LogP contribution is 2.27. The van der Waals surface area contributed by atoms with E-state index in [2.05, 4.69) is 63.4 Å². The number of benzene rings is 1. The van der Waals surface area contributed by atoms with E-state index in [9.17, 15) is 0 Å². The van der Waals surface area contributed by atoms with Crippen molar-refractivity contribution in [2.24, 2.45) is 11.8 Å². The fraction of sp³-hybridized carbons (Fsp3) is 0.579. The Morgan fingerprint density at radius 3 is 2.55 bits per heavy atom. The van der Waals surface area contributed by atoms with Crippen LogP contribution in [0.15, 0.2) is 35.9 Å². The molecule has 1 heteroatoms. The standard InChI is InChI=1S/C19H29N/c1-5-17-6-8-19(9-7-17)16(4)20-13-18-11-14(2)10-15(3)12-18/h6-10,14,16,18,20H,5,11-13H2,1-4H3. The number of nitrogens with one attached hydrogen (secondary N) is 1. The summed E-state index contributed by atoms with van der Waals surface area (Å²) < 4.78 is 0. The van der Waals surface area contributed by atoms with Crippen molar-refractivity contribution in [3.05, 3.63) is 47.0 Å². The van der Waals surface area contributed by atoms with Crippen LogP contribution in [0.3, 0.4) is 0 Å². The van der Waals surface area contributed by atoms with Gasteiger partial charge in [-0.1, -0.05) is 49.8 Å². The third-order valence-corrected chi connectivity index (χ3v) is 4.49. The van der Waals surface area contributed by atoms with Gasteiger partial charge in [0, 0.05) is 6.04 Å². The number of hydrogen-bond donors (Lipinski definition) is 1. The van der Waals surface area contributed by atoms with Crippen molar-refractivity contribution < 1.29 is 0 Å². The maximum Gasteiger partial charge on any atom is 0.0291 e. The summed E-state index contributed by atoms with van der Waals surface area (Å²) in [6.07, 6.45) is 6.14. The molecule has 0 bridgehead atoms. The highest BCUT2D eigenvalue weighted by molar-refractivity contribution is 5.24. The summed E-state index contributed by atoms with van der Waals surface area (Å²) in [5.74, 6) is 1.54. The van der Waals surface area contributed by atoms with Crippen LogP contribution in [0, 0.1) is 11.8 Å². The Labute approximate surface area is 124 Å². The van der Waals surface area contributed by atoms with E-state index in [-0.39, 0.29) is 0 Å². The van der Waals surface area contributed by atoms with Crippen LogP contribution in [-0.4, -0.2) is 6.54 Å². The molecule has 0 amide bonds. The van der Waals surface area contributed by atoms with Crippen LogP contribution in [0.1, 0.15) is 57.7 Å². The zero-order valence-corrected chi connectivity index (χ0v) is 13.4. The lowest BCUT2D eigenvalue weighted by atomic mass is 9.83. The summed E-state index contributed by atoms with van der Waals surface area (Å²) >= 11 is 0. The van der Waals surface area contributed by atoms with E-state index in [0.717, 1.165) is 24.8 Å². The highest BCUT2D eigenvalue weighted by atomic mass is 14.9. The zero-order valence-electron chi connectivity index (χ0n) is 13.4. The highest BCUT2D eigenvalue weighted by Gasteiger charge is 2.18. The first kappa shape index (κ1) is 15.3. The number of aryl methyl sites for hydroxylation is 1. The molecule has 20 heavy (non-hydrogen) atoms. The van der Waals surface area contributed by atoms with Gasteiger partial charge in [-0.25, -0.2) is 0 Å². The maximum absolute atomic E-state index is 3.72. The molecule has 1 aliphatic rings. The summed E-state index contributed by atoms with van der Waals surface area (Å²) in [6, 6.07) is 9.49. The lowest BCUT2D eigenvalue weighted by Gasteiger charge is -2.27. The van der Waals surface area contributed by atoms with Gasteiger partial charge in [-0.05, 0) is 62.6 Å². The molecule has 1 N–H and O–H groups in total. The normalized spacial score (nSPS) is 24.3. The topological polar surface area (TPSA) is 12.0 Å². The minimum Gasteiger partial charge on any atom is -0.310 e. The monoisotopic (exact) mass is 271 g/mol. The van der Waals surface area contributed by atoms with Crippen LogP contribution >= 0.6 is 0 Å². The summed E-state index contributed by atoms with van der Waals surface area (Å²) in [5, 5.41) is 3.72. The molecule has 0 fully saturated rings. The molecule has 1 aromatic carbocycles. The molecule has 0 heterocycles. The average molecular weight is 271 g/mol. The minimum absolute atomic E-state index is 0.447. The number of rotatable bonds is 5. The van der Waals surface area contributed by atoms with Crippen LogP contribution in [0.4, 0.5) is 0 Å². The van der Waals surface area contributed by atoms with Crippen molar-refractivity contribution in [2.75, 3.05) is 6.54 Å². The summed E-state index contributed by atoms with van der Waals surface area (Å²) in [7, 11) is 0. The van der Waals surface area contributed by atoms with Crippen molar-refractivity contribution in [2.45, 2.75) is 53.0 Å². The van der Waals surface area contributed by atoms with Crippen LogP contribution < -0.4 is 5.32 Å². The molecule has 1 aliphatic carbocycles. The molecule has 1 nitrogen and oxygen atoms in total. The summed E-state index contributed by atoms with van der Waals surface area (Å²) in [5.41, 5.74) is 4.39. The average Bonchev–Trinajstić information content (AvgIpc) is 2.44. The molecule has 0 aromatic heterocycles. The quantitative estimate of drug-likeness (QED) is 0.752. The van der Waals surface area contributed by atoms with Crippen molar-refractivity contribution in [1.82, 2.24) is 5.32 Å². The first-order valence-corrected chi connectivity index (χ1v) is 8.08. The summed E-state index contributed by atoms with van der Waals surface area (Å²) in [4.78, 5) is 0. The van der Waals surface area contributed by atoms with Crippen molar-refractivity contribution in [3.63, 3.8) is 0 Å². The zero-order chi connectivity index (χ0) is 14.5. The maximum atomic E-state index is 3.72. The molecular formula is C19H29N. The number of allylic oxidation sites excluding steroid dienone is 2. The van der Waals surface area contributed by atoms with Gasteiger partial charge in [-0.2, -0.15) is 0 Å². The third kappa shape index (κ3) is 4.21. The predicted molar refractivity (Wildman–Crippen MR) is 87.9 cm³/mol. The Morgan fingerprint density at radius 1 is 1.25 bits per heavy atom. The van der Waals surface area contributed by atoms with Gasteiger partial charge in [-0.3, -0.25) is 0 Å². The molecule has 0 radical (unpaired) electrons. The molecule has 0 aliphatic heterocycles. The van der Waals surface area contributed by atoms with Gasteiger partial charge >= 0.3 is 0 Å². The van der Waals surface area contributed by atoms with Crippen molar-refractivity contribution in [3.8, 4) is 0 Å². The Kier molecular flexibility index (Phi) is 5.42. The minimum atomic E-state index is 0.447. The van der Waals surface area contributed by atoms with Crippen LogP contribution in [0.5, 0.6) is 0 Å². The van der Waals surface area contributed by atoms with E-state index in [1.54, 1.807) is 5.57 Å². The Balaban J connectivity index is 1.85. The second-order valence-electron chi connectivity index (χ2n) is 6.52. The van der Waals surface area contributed by atoms with Crippen LogP contribution in [0.25, 0.3) is 0 Å². The smallest absolute Gasteiger partial charge is 0.0291 e. The largest absolute Gasteiger partial charge is 0.310 e. The fourth-order valence-corrected chi connectivity index (χ4v) is 3.35. The molecule has 0 saturated heterocycles. The third-order valence-electron chi connectivity index (χ3n) is 4.49. The van der Waals surface area contributed by atoms with Crippen molar-refractivity contribution in [1.29, 1.82) is 0 Å². The second-order valence-corrected chi connectivity index (χ2v) is 6.52.